The zero-order chi connectivity index (χ0) is 23.8. The second kappa shape index (κ2) is 8.94. The highest BCUT2D eigenvalue weighted by Gasteiger charge is 2.28. The van der Waals surface area contributed by atoms with E-state index in [1.807, 2.05) is 6.07 Å². The van der Waals surface area contributed by atoms with Gasteiger partial charge < -0.3 is 27.0 Å². The molecule has 1 aliphatic heterocycles. The lowest BCUT2D eigenvalue weighted by Crippen LogP contribution is -2.43. The first kappa shape index (κ1) is 22.1. The lowest BCUT2D eigenvalue weighted by molar-refractivity contribution is 0.102. The van der Waals surface area contributed by atoms with Crippen LogP contribution in [0, 0.1) is 12.7 Å². The summed E-state index contributed by atoms with van der Waals surface area (Å²) in [6.07, 6.45) is 9.34. The van der Waals surface area contributed by atoms with E-state index in [1.165, 1.54) is 35.8 Å². The number of nitrogen functional groups attached to an aromatic ring is 1. The van der Waals surface area contributed by atoms with Gasteiger partial charge in [0.2, 0.25) is 0 Å². The van der Waals surface area contributed by atoms with Gasteiger partial charge >= 0.3 is 0 Å². The van der Waals surface area contributed by atoms with E-state index in [4.69, 9.17) is 11.5 Å². The normalized spacial score (nSPS) is 17.1. The minimum atomic E-state index is -0.576. The third-order valence-corrected chi connectivity index (χ3v) is 6.41. The summed E-state index contributed by atoms with van der Waals surface area (Å²) in [5, 5.41) is 10.5. The summed E-state index contributed by atoms with van der Waals surface area (Å²) in [6, 6.07) is 6.07. The summed E-state index contributed by atoms with van der Waals surface area (Å²) in [6.45, 7) is 3.47. The van der Waals surface area contributed by atoms with Crippen molar-refractivity contribution in [3.63, 3.8) is 0 Å². The van der Waals surface area contributed by atoms with Crippen molar-refractivity contribution in [1.29, 1.82) is 0 Å². The molecule has 0 atom stereocenters. The Morgan fingerprint density at radius 1 is 1.21 bits per heavy atom. The van der Waals surface area contributed by atoms with Crippen LogP contribution in [0.1, 0.15) is 47.4 Å². The summed E-state index contributed by atoms with van der Waals surface area (Å²) in [7, 11) is 0. The zero-order valence-corrected chi connectivity index (χ0v) is 19.1. The Morgan fingerprint density at radius 2 is 1.94 bits per heavy atom. The number of pyridine rings is 1. The van der Waals surface area contributed by atoms with Gasteiger partial charge in [-0.15, -0.1) is 0 Å². The van der Waals surface area contributed by atoms with Crippen LogP contribution in [0.25, 0.3) is 11.7 Å². The Balaban J connectivity index is 1.37. The third kappa shape index (κ3) is 4.41. The van der Waals surface area contributed by atoms with Crippen molar-refractivity contribution in [3.8, 4) is 0 Å². The van der Waals surface area contributed by atoms with E-state index in [1.54, 1.807) is 19.1 Å². The zero-order valence-electron chi connectivity index (χ0n) is 19.1. The molecule has 2 aliphatic rings. The summed E-state index contributed by atoms with van der Waals surface area (Å²) in [5.41, 5.74) is 14.8. The Hall–Kier alpha value is -3.66. The molecule has 3 heterocycles. The lowest BCUT2D eigenvalue weighted by Gasteiger charge is -2.35. The molecule has 0 spiro atoms. The number of nitrogens with two attached hydrogens (primary N) is 2. The molecule has 1 saturated heterocycles. The predicted octanol–water partition coefficient (Wildman–Crippen LogP) is 2.66. The minimum absolute atomic E-state index is 0.103. The number of hydrogen-bond acceptors (Lipinski definition) is 7. The molecule has 9 nitrogen and oxygen atoms in total. The Labute approximate surface area is 197 Å². The Bertz CT molecular complexity index is 1260. The number of carbonyl (C=O) groups is 1. The molecule has 1 saturated carbocycles. The van der Waals surface area contributed by atoms with Crippen molar-refractivity contribution in [1.82, 2.24) is 19.9 Å². The van der Waals surface area contributed by atoms with Crippen LogP contribution in [-0.2, 0) is 0 Å². The maximum absolute atomic E-state index is 14.4. The number of carbonyl (C=O) groups excluding carboxylic acids is 1. The molecule has 2 fully saturated rings. The molecule has 5 rings (SSSR count). The van der Waals surface area contributed by atoms with Crippen molar-refractivity contribution in [2.45, 2.75) is 44.7 Å². The second-order valence-corrected chi connectivity index (χ2v) is 8.98. The fraction of sp³-hybridized carbons (Fsp3) is 0.375. The van der Waals surface area contributed by atoms with Crippen molar-refractivity contribution in [3.05, 3.63) is 53.4 Å². The van der Waals surface area contributed by atoms with Gasteiger partial charge in [-0.1, -0.05) is 0 Å². The Kier molecular flexibility index (Phi) is 5.82. The number of anilines is 3. The van der Waals surface area contributed by atoms with Crippen LogP contribution in [0.2, 0.25) is 0 Å². The number of benzene rings is 1. The van der Waals surface area contributed by atoms with Gasteiger partial charge in [-0.25, -0.2) is 13.9 Å². The predicted molar refractivity (Wildman–Crippen MR) is 131 cm³/mol. The molecule has 178 valence electrons. The average molecular weight is 465 g/mol. The van der Waals surface area contributed by atoms with Crippen LogP contribution in [0.15, 0.2) is 30.6 Å². The first-order valence-electron chi connectivity index (χ1n) is 11.6. The number of amides is 1. The second-order valence-electron chi connectivity index (χ2n) is 8.98. The Morgan fingerprint density at radius 3 is 2.65 bits per heavy atom. The summed E-state index contributed by atoms with van der Waals surface area (Å²) >= 11 is 0. The van der Waals surface area contributed by atoms with Gasteiger partial charge in [0.15, 0.2) is 11.5 Å². The number of nitrogens with one attached hydrogen (secondary N) is 2. The maximum atomic E-state index is 14.4. The summed E-state index contributed by atoms with van der Waals surface area (Å²) in [5.74, 6) is -0.584. The molecule has 6 N–H and O–H groups in total. The molecular weight excluding hydrogens is 435 g/mol. The smallest absolute Gasteiger partial charge is 0.257 e. The summed E-state index contributed by atoms with van der Waals surface area (Å²) < 4.78 is 15.7. The number of aromatic nitrogens is 3. The van der Waals surface area contributed by atoms with Gasteiger partial charge in [0.05, 0.1) is 23.1 Å². The molecule has 3 aromatic rings. The van der Waals surface area contributed by atoms with Crippen LogP contribution >= 0.6 is 0 Å². The SMILES string of the molecule is Cc1nc2c(F)cc(NC(=O)c3ccc(N4CCC(NC5CC5)CC4)c(/C=C\N)c3N)cn2n1. The van der Waals surface area contributed by atoms with E-state index < -0.39 is 11.7 Å². The molecule has 1 aromatic carbocycles. The number of piperidine rings is 1. The van der Waals surface area contributed by atoms with Gasteiger partial charge in [0, 0.05) is 42.5 Å². The average Bonchev–Trinajstić information content (AvgIpc) is 3.54. The van der Waals surface area contributed by atoms with Crippen LogP contribution < -0.4 is 27.0 Å². The van der Waals surface area contributed by atoms with E-state index in [0.717, 1.165) is 31.6 Å². The molecular formula is C24H29FN8O. The highest BCUT2D eigenvalue weighted by molar-refractivity contribution is 6.09. The largest absolute Gasteiger partial charge is 0.405 e. The number of aryl methyl sites for hydroxylation is 1. The van der Waals surface area contributed by atoms with E-state index in [0.29, 0.717) is 29.2 Å². The van der Waals surface area contributed by atoms with Crippen LogP contribution in [0.3, 0.4) is 0 Å². The fourth-order valence-corrected chi connectivity index (χ4v) is 4.56. The molecule has 0 unspecified atom stereocenters. The highest BCUT2D eigenvalue weighted by atomic mass is 19.1. The molecule has 1 amide bonds. The van der Waals surface area contributed by atoms with Crippen molar-refractivity contribution in [2.75, 3.05) is 29.0 Å². The third-order valence-electron chi connectivity index (χ3n) is 6.41. The summed E-state index contributed by atoms with van der Waals surface area (Å²) in [4.78, 5) is 19.4. The molecule has 2 aromatic heterocycles. The van der Waals surface area contributed by atoms with Crippen molar-refractivity contribution in [2.24, 2.45) is 5.73 Å². The number of nitrogens with zero attached hydrogens (tertiary/aromatic N) is 4. The first-order valence-corrected chi connectivity index (χ1v) is 11.6. The molecule has 34 heavy (non-hydrogen) atoms. The molecule has 1 aliphatic carbocycles. The van der Waals surface area contributed by atoms with Gasteiger partial charge in [-0.2, -0.15) is 5.10 Å². The van der Waals surface area contributed by atoms with Gasteiger partial charge in [0.25, 0.3) is 5.91 Å². The van der Waals surface area contributed by atoms with E-state index in [9.17, 15) is 9.18 Å². The molecule has 0 radical (unpaired) electrons. The maximum Gasteiger partial charge on any atom is 0.257 e. The highest BCUT2D eigenvalue weighted by Crippen LogP contribution is 2.33. The first-order chi connectivity index (χ1) is 16.4. The number of hydrogen-bond donors (Lipinski definition) is 4. The monoisotopic (exact) mass is 464 g/mol. The quantitative estimate of drug-likeness (QED) is 0.413. The molecule has 0 bridgehead atoms. The lowest BCUT2D eigenvalue weighted by atomic mass is 9.99. The van der Waals surface area contributed by atoms with Crippen LogP contribution in [0.5, 0.6) is 0 Å². The van der Waals surface area contributed by atoms with Crippen LogP contribution in [-0.4, -0.2) is 45.7 Å². The van der Waals surface area contributed by atoms with Gasteiger partial charge in [-0.05, 0) is 57.0 Å². The fourth-order valence-electron chi connectivity index (χ4n) is 4.56. The topological polar surface area (TPSA) is 127 Å². The number of halogens is 1. The van der Waals surface area contributed by atoms with E-state index in [2.05, 4.69) is 25.6 Å². The van der Waals surface area contributed by atoms with E-state index in [-0.39, 0.29) is 16.9 Å². The van der Waals surface area contributed by atoms with Gasteiger partial charge in [0.1, 0.15) is 5.82 Å². The van der Waals surface area contributed by atoms with Crippen molar-refractivity contribution < 1.29 is 9.18 Å². The minimum Gasteiger partial charge on any atom is -0.405 e. The van der Waals surface area contributed by atoms with Gasteiger partial charge in [-0.3, -0.25) is 4.79 Å². The van der Waals surface area contributed by atoms with Crippen molar-refractivity contribution >= 4 is 34.7 Å². The number of rotatable bonds is 6. The number of fused-ring (bicyclic) bond motifs is 1. The van der Waals surface area contributed by atoms with E-state index >= 15 is 0 Å². The van der Waals surface area contributed by atoms with Crippen LogP contribution in [0.4, 0.5) is 21.5 Å². The standard InChI is InChI=1S/C24H29FN8O/c1-14-28-23-20(25)12-17(13-33(23)31-14)30-24(34)19-4-5-21(18(6-9-26)22(19)27)32-10-7-16(8-11-32)29-15-2-3-15/h4-6,9,12-13,15-16,29H,2-3,7-8,10-11,26-27H2,1H3,(H,30,34)/b9-6-. The molecule has 10 heteroatoms.